The molecule has 25 heavy (non-hydrogen) atoms. The molecule has 1 fully saturated rings. The first-order chi connectivity index (χ1) is 12.2. The fraction of sp³-hybridized carbons (Fsp3) is 0.368. The van der Waals surface area contributed by atoms with E-state index in [4.69, 9.17) is 0 Å². The molecule has 2 aromatic rings. The largest absolute Gasteiger partial charge is 0.333 e. The maximum atomic E-state index is 12.4. The van der Waals surface area contributed by atoms with Gasteiger partial charge in [-0.2, -0.15) is 0 Å². The second-order valence-corrected chi connectivity index (χ2v) is 7.63. The lowest BCUT2D eigenvalue weighted by molar-refractivity contribution is -0.119. The molecule has 0 spiro atoms. The van der Waals surface area contributed by atoms with Crippen molar-refractivity contribution >= 4 is 34.6 Å². The minimum absolute atomic E-state index is 0.213. The molecule has 1 saturated carbocycles. The summed E-state index contributed by atoms with van der Waals surface area (Å²) < 4.78 is 0. The van der Waals surface area contributed by atoms with Crippen LogP contribution in [0.3, 0.4) is 0 Å². The zero-order valence-electron chi connectivity index (χ0n) is 14.0. The summed E-state index contributed by atoms with van der Waals surface area (Å²) >= 11 is 1.62. The van der Waals surface area contributed by atoms with Gasteiger partial charge in [0.2, 0.25) is 5.91 Å². The molecule has 1 aliphatic heterocycles. The second kappa shape index (κ2) is 6.88. The summed E-state index contributed by atoms with van der Waals surface area (Å²) in [7, 11) is 0. The van der Waals surface area contributed by atoms with E-state index in [1.54, 1.807) is 11.3 Å². The predicted molar refractivity (Wildman–Crippen MR) is 100 cm³/mol. The maximum absolute atomic E-state index is 12.4. The van der Waals surface area contributed by atoms with Crippen molar-refractivity contribution < 1.29 is 9.59 Å². The van der Waals surface area contributed by atoms with Gasteiger partial charge in [-0.15, -0.1) is 11.3 Å². The lowest BCUT2D eigenvalue weighted by Crippen LogP contribution is -2.36. The zero-order chi connectivity index (χ0) is 17.2. The summed E-state index contributed by atoms with van der Waals surface area (Å²) in [5.74, 6) is 0.488. The average Bonchev–Trinajstić information content (AvgIpc) is 3.34. The monoisotopic (exact) mass is 355 g/mol. The van der Waals surface area contributed by atoms with Gasteiger partial charge in [-0.05, 0) is 60.9 Å². The molecule has 0 unspecified atom stereocenters. The van der Waals surface area contributed by atoms with E-state index in [-0.39, 0.29) is 17.9 Å². The quantitative estimate of drug-likeness (QED) is 0.877. The number of hydrogen-bond donors (Lipinski definition) is 2. The van der Waals surface area contributed by atoms with Gasteiger partial charge in [-0.1, -0.05) is 6.07 Å². The van der Waals surface area contributed by atoms with Crippen molar-refractivity contribution in [3.8, 4) is 0 Å². The smallest absolute Gasteiger partial charge is 0.319 e. The normalized spacial score (nSPS) is 16.2. The molecule has 0 atom stereocenters. The van der Waals surface area contributed by atoms with E-state index in [2.05, 4.69) is 10.6 Å². The molecule has 130 valence electrons. The van der Waals surface area contributed by atoms with Crippen LogP contribution in [0.15, 0.2) is 35.7 Å². The maximum Gasteiger partial charge on any atom is 0.319 e. The Balaban J connectivity index is 1.41. The number of benzene rings is 1. The fourth-order valence-corrected chi connectivity index (χ4v) is 3.85. The highest BCUT2D eigenvalue weighted by molar-refractivity contribution is 7.09. The highest BCUT2D eigenvalue weighted by atomic mass is 32.1. The number of carbonyl (C=O) groups is 2. The third kappa shape index (κ3) is 3.69. The first kappa shape index (κ1) is 16.1. The van der Waals surface area contributed by atoms with Crippen LogP contribution < -0.4 is 15.5 Å². The van der Waals surface area contributed by atoms with Crippen LogP contribution in [0, 0.1) is 5.92 Å². The van der Waals surface area contributed by atoms with Crippen molar-refractivity contribution in [1.82, 2.24) is 5.32 Å². The molecule has 5 nitrogen and oxygen atoms in total. The minimum atomic E-state index is -0.213. The van der Waals surface area contributed by atoms with Crippen LogP contribution in [-0.2, 0) is 17.8 Å². The molecular formula is C19H21N3O2S. The molecule has 2 aliphatic rings. The van der Waals surface area contributed by atoms with Gasteiger partial charge in [-0.3, -0.25) is 4.79 Å². The lowest BCUT2D eigenvalue weighted by atomic mass is 10.0. The predicted octanol–water partition coefficient (Wildman–Crippen LogP) is 3.76. The molecule has 1 aromatic carbocycles. The molecule has 0 saturated heterocycles. The van der Waals surface area contributed by atoms with Crippen molar-refractivity contribution in [2.24, 2.45) is 5.92 Å². The topological polar surface area (TPSA) is 61.4 Å². The van der Waals surface area contributed by atoms with Crippen molar-refractivity contribution in [3.05, 3.63) is 46.2 Å². The van der Waals surface area contributed by atoms with Gasteiger partial charge >= 0.3 is 6.03 Å². The Kier molecular flexibility index (Phi) is 4.44. The van der Waals surface area contributed by atoms with Gasteiger partial charge < -0.3 is 15.5 Å². The molecule has 1 aliphatic carbocycles. The molecule has 3 amide bonds. The summed E-state index contributed by atoms with van der Waals surface area (Å²) in [6.45, 7) is 1.33. The van der Waals surface area contributed by atoms with Gasteiger partial charge in [-0.25, -0.2) is 4.79 Å². The highest BCUT2D eigenvalue weighted by Gasteiger charge is 2.35. The van der Waals surface area contributed by atoms with E-state index in [0.29, 0.717) is 6.54 Å². The minimum Gasteiger partial charge on any atom is -0.333 e. The zero-order valence-corrected chi connectivity index (χ0v) is 14.8. The van der Waals surface area contributed by atoms with Gasteiger partial charge in [0, 0.05) is 28.7 Å². The number of nitrogens with zero attached hydrogens (tertiary/aromatic N) is 1. The number of nitrogens with one attached hydrogen (secondary N) is 2. The Bertz CT molecular complexity index is 784. The lowest BCUT2D eigenvalue weighted by Gasteiger charge is -2.30. The molecule has 2 N–H and O–H groups in total. The molecule has 0 radical (unpaired) electrons. The molecular weight excluding hydrogens is 334 g/mol. The van der Waals surface area contributed by atoms with Crippen LogP contribution in [0.4, 0.5) is 16.2 Å². The van der Waals surface area contributed by atoms with Crippen molar-refractivity contribution in [2.75, 3.05) is 16.8 Å². The molecule has 6 heteroatoms. The SMILES string of the molecule is O=C(NCc1cccs1)Nc1ccc2c(c1)CCCN2C(=O)C1CC1. The first-order valence-electron chi connectivity index (χ1n) is 8.72. The summed E-state index contributed by atoms with van der Waals surface area (Å²) in [6.07, 6.45) is 3.96. The number of thiophene rings is 1. The Labute approximate surface area is 151 Å². The van der Waals surface area contributed by atoms with Crippen LogP contribution in [0.5, 0.6) is 0 Å². The van der Waals surface area contributed by atoms with E-state index in [9.17, 15) is 9.59 Å². The second-order valence-electron chi connectivity index (χ2n) is 6.60. The number of amides is 3. The van der Waals surface area contributed by atoms with Gasteiger partial charge in [0.1, 0.15) is 0 Å². The summed E-state index contributed by atoms with van der Waals surface area (Å²) in [5, 5.41) is 7.74. The third-order valence-corrected chi connectivity index (χ3v) is 5.53. The molecule has 2 heterocycles. The Morgan fingerprint density at radius 3 is 2.88 bits per heavy atom. The molecule has 1 aromatic heterocycles. The van der Waals surface area contributed by atoms with E-state index in [1.807, 2.05) is 40.6 Å². The van der Waals surface area contributed by atoms with Crippen LogP contribution in [-0.4, -0.2) is 18.5 Å². The summed E-state index contributed by atoms with van der Waals surface area (Å²) in [5.41, 5.74) is 2.91. The standard InChI is InChI=1S/C19H21N3O2S/c23-18(13-5-6-13)22-9-1-3-14-11-15(7-8-17(14)22)21-19(24)20-12-16-4-2-10-25-16/h2,4,7-8,10-11,13H,1,3,5-6,9,12H2,(H2,20,21,24). The number of aryl methyl sites for hydroxylation is 1. The van der Waals surface area contributed by atoms with E-state index >= 15 is 0 Å². The van der Waals surface area contributed by atoms with E-state index in [0.717, 1.165) is 54.0 Å². The van der Waals surface area contributed by atoms with Crippen LogP contribution >= 0.6 is 11.3 Å². The van der Waals surface area contributed by atoms with Gasteiger partial charge in [0.25, 0.3) is 0 Å². The van der Waals surface area contributed by atoms with E-state index in [1.165, 1.54) is 0 Å². The van der Waals surface area contributed by atoms with Crippen molar-refractivity contribution in [2.45, 2.75) is 32.2 Å². The molecule has 0 bridgehead atoms. The van der Waals surface area contributed by atoms with Crippen LogP contribution in [0.25, 0.3) is 0 Å². The molecule has 4 rings (SSSR count). The van der Waals surface area contributed by atoms with Crippen LogP contribution in [0.1, 0.15) is 29.7 Å². The Hall–Kier alpha value is -2.34. The van der Waals surface area contributed by atoms with Crippen LogP contribution in [0.2, 0.25) is 0 Å². The fourth-order valence-electron chi connectivity index (χ4n) is 3.21. The number of rotatable bonds is 4. The number of fused-ring (bicyclic) bond motifs is 1. The first-order valence-corrected chi connectivity index (χ1v) is 9.60. The van der Waals surface area contributed by atoms with Gasteiger partial charge in [0.15, 0.2) is 0 Å². The van der Waals surface area contributed by atoms with Crippen molar-refractivity contribution in [3.63, 3.8) is 0 Å². The number of anilines is 2. The number of carbonyl (C=O) groups excluding carboxylic acids is 2. The summed E-state index contributed by atoms with van der Waals surface area (Å²) in [4.78, 5) is 27.5. The Morgan fingerprint density at radius 2 is 2.12 bits per heavy atom. The third-order valence-electron chi connectivity index (χ3n) is 4.65. The Morgan fingerprint density at radius 1 is 1.24 bits per heavy atom. The van der Waals surface area contributed by atoms with E-state index < -0.39 is 0 Å². The highest BCUT2D eigenvalue weighted by Crippen LogP contribution is 2.36. The van der Waals surface area contributed by atoms with Crippen molar-refractivity contribution in [1.29, 1.82) is 0 Å². The average molecular weight is 355 g/mol. The summed E-state index contributed by atoms with van der Waals surface area (Å²) in [6, 6.07) is 9.58. The number of urea groups is 1. The number of hydrogen-bond acceptors (Lipinski definition) is 3. The van der Waals surface area contributed by atoms with Gasteiger partial charge in [0.05, 0.1) is 6.54 Å².